The van der Waals surface area contributed by atoms with Crippen molar-refractivity contribution >= 4 is 50.5 Å². The second kappa shape index (κ2) is 10.7. The normalized spacial score (nSPS) is 11.0. The quantitative estimate of drug-likeness (QED) is 0.411. The van der Waals surface area contributed by atoms with Crippen molar-refractivity contribution in [1.82, 2.24) is 0 Å². The van der Waals surface area contributed by atoms with Gasteiger partial charge in [-0.25, -0.2) is 0 Å². The number of benzene rings is 2. The van der Waals surface area contributed by atoms with Crippen molar-refractivity contribution in [3.8, 4) is 11.1 Å². The van der Waals surface area contributed by atoms with Crippen LogP contribution in [0.15, 0.2) is 36.4 Å². The molecule has 0 bridgehead atoms. The fourth-order valence-corrected chi connectivity index (χ4v) is 3.99. The molecule has 0 amide bonds. The number of hydrogen-bond acceptors (Lipinski definition) is 4. The van der Waals surface area contributed by atoms with Gasteiger partial charge in [0.05, 0.1) is 0 Å². The standard InChI is InChI=1S/C20H26S4/c21-5-1-15-9-16(2-6-22)12-19(11-15)20-13-17(3-7-23)10-18(14-20)4-8-24/h9-14,21-24H,1-8H2. The van der Waals surface area contributed by atoms with E-state index in [0.29, 0.717) is 0 Å². The molecule has 2 rings (SSSR count). The summed E-state index contributed by atoms with van der Waals surface area (Å²) in [6.07, 6.45) is 3.99. The second-order valence-electron chi connectivity index (χ2n) is 5.97. The first-order chi connectivity index (χ1) is 11.7. The highest BCUT2D eigenvalue weighted by atomic mass is 32.1. The van der Waals surface area contributed by atoms with Gasteiger partial charge in [-0.2, -0.15) is 50.5 Å². The van der Waals surface area contributed by atoms with Crippen LogP contribution in [0.3, 0.4) is 0 Å². The molecule has 0 atom stereocenters. The van der Waals surface area contributed by atoms with E-state index >= 15 is 0 Å². The molecule has 0 saturated carbocycles. The molecule has 0 fully saturated rings. The average Bonchev–Trinajstić information content (AvgIpc) is 2.56. The Hall–Kier alpha value is -0.160. The van der Waals surface area contributed by atoms with Crippen LogP contribution >= 0.6 is 50.5 Å². The third-order valence-electron chi connectivity index (χ3n) is 4.04. The Kier molecular flexibility index (Phi) is 9.02. The summed E-state index contributed by atoms with van der Waals surface area (Å²) in [7, 11) is 0. The Bertz CT molecular complexity index is 546. The molecule has 0 aliphatic heterocycles. The minimum atomic E-state index is 0.869. The summed E-state index contributed by atoms with van der Waals surface area (Å²) in [5.74, 6) is 3.48. The van der Waals surface area contributed by atoms with Crippen LogP contribution < -0.4 is 0 Å². The van der Waals surface area contributed by atoms with Crippen LogP contribution in [0.1, 0.15) is 22.3 Å². The van der Waals surface area contributed by atoms with E-state index in [1.54, 1.807) is 0 Å². The molecule has 2 aromatic rings. The van der Waals surface area contributed by atoms with E-state index in [4.69, 9.17) is 0 Å². The van der Waals surface area contributed by atoms with E-state index in [1.807, 2.05) is 0 Å². The highest BCUT2D eigenvalue weighted by Gasteiger charge is 2.07. The monoisotopic (exact) mass is 394 g/mol. The molecule has 0 spiro atoms. The molecule has 0 heterocycles. The Labute approximate surface area is 168 Å². The maximum Gasteiger partial charge on any atom is -0.00573 e. The maximum absolute atomic E-state index is 4.40. The van der Waals surface area contributed by atoms with Gasteiger partial charge in [-0.05, 0) is 82.1 Å². The van der Waals surface area contributed by atoms with E-state index < -0.39 is 0 Å². The van der Waals surface area contributed by atoms with Crippen molar-refractivity contribution < 1.29 is 0 Å². The van der Waals surface area contributed by atoms with Gasteiger partial charge >= 0.3 is 0 Å². The van der Waals surface area contributed by atoms with Crippen molar-refractivity contribution in [2.75, 3.05) is 23.0 Å². The van der Waals surface area contributed by atoms with Crippen molar-refractivity contribution in [1.29, 1.82) is 0 Å². The molecule has 0 aromatic heterocycles. The molecule has 130 valence electrons. The van der Waals surface area contributed by atoms with E-state index in [2.05, 4.69) is 86.9 Å². The fourth-order valence-electron chi connectivity index (χ4n) is 2.95. The lowest BCUT2D eigenvalue weighted by Gasteiger charge is -2.13. The lowest BCUT2D eigenvalue weighted by molar-refractivity contribution is 1.10. The summed E-state index contributed by atoms with van der Waals surface area (Å²) in [5.41, 5.74) is 8.02. The van der Waals surface area contributed by atoms with E-state index in [-0.39, 0.29) is 0 Å². The van der Waals surface area contributed by atoms with Crippen LogP contribution in [0.5, 0.6) is 0 Å². The summed E-state index contributed by atoms with van der Waals surface area (Å²) in [5, 5.41) is 0. The number of hydrogen-bond donors (Lipinski definition) is 4. The Morgan fingerprint density at radius 1 is 0.417 bits per heavy atom. The Morgan fingerprint density at radius 2 is 0.667 bits per heavy atom. The van der Waals surface area contributed by atoms with Gasteiger partial charge in [-0.15, -0.1) is 0 Å². The third-order valence-corrected chi connectivity index (χ3v) is 4.93. The van der Waals surface area contributed by atoms with Crippen LogP contribution in [0.2, 0.25) is 0 Å². The number of rotatable bonds is 9. The van der Waals surface area contributed by atoms with Crippen LogP contribution in [0.4, 0.5) is 0 Å². The first-order valence-corrected chi connectivity index (χ1v) is 10.9. The van der Waals surface area contributed by atoms with Crippen LogP contribution in [-0.2, 0) is 25.7 Å². The predicted molar refractivity (Wildman–Crippen MR) is 122 cm³/mol. The van der Waals surface area contributed by atoms with Gasteiger partial charge in [0, 0.05) is 0 Å². The van der Waals surface area contributed by atoms with Crippen LogP contribution in [-0.4, -0.2) is 23.0 Å². The molecule has 0 unspecified atom stereocenters. The van der Waals surface area contributed by atoms with E-state index in [1.165, 1.54) is 33.4 Å². The van der Waals surface area contributed by atoms with E-state index in [0.717, 1.165) is 48.7 Å². The van der Waals surface area contributed by atoms with Gasteiger partial charge in [0.25, 0.3) is 0 Å². The van der Waals surface area contributed by atoms with Gasteiger partial charge in [0.15, 0.2) is 0 Å². The number of thiol groups is 4. The molecule has 0 nitrogen and oxygen atoms in total. The van der Waals surface area contributed by atoms with E-state index in [9.17, 15) is 0 Å². The predicted octanol–water partition coefficient (Wildman–Crippen LogP) is 5.24. The highest BCUT2D eigenvalue weighted by Crippen LogP contribution is 2.27. The zero-order valence-corrected chi connectivity index (χ0v) is 17.5. The molecule has 0 radical (unpaired) electrons. The highest BCUT2D eigenvalue weighted by molar-refractivity contribution is 7.80. The zero-order chi connectivity index (χ0) is 17.4. The first-order valence-electron chi connectivity index (χ1n) is 8.39. The van der Waals surface area contributed by atoms with Crippen molar-refractivity contribution in [3.05, 3.63) is 58.7 Å². The summed E-state index contributed by atoms with van der Waals surface area (Å²) in [6.45, 7) is 0. The van der Waals surface area contributed by atoms with Crippen molar-refractivity contribution in [2.24, 2.45) is 0 Å². The minimum Gasteiger partial charge on any atom is -0.179 e. The molecule has 4 heteroatoms. The Balaban J connectivity index is 2.47. The molecular weight excluding hydrogens is 368 g/mol. The molecule has 2 aromatic carbocycles. The smallest absolute Gasteiger partial charge is 0.00573 e. The van der Waals surface area contributed by atoms with Gasteiger partial charge in [-0.1, -0.05) is 36.4 Å². The summed E-state index contributed by atoms with van der Waals surface area (Å²) in [4.78, 5) is 0. The fraction of sp³-hybridized carbons (Fsp3) is 0.400. The van der Waals surface area contributed by atoms with Gasteiger partial charge < -0.3 is 0 Å². The molecule has 0 aliphatic carbocycles. The lowest BCUT2D eigenvalue weighted by Crippen LogP contribution is -1.97. The van der Waals surface area contributed by atoms with Gasteiger partial charge in [0.2, 0.25) is 0 Å². The van der Waals surface area contributed by atoms with Crippen LogP contribution in [0.25, 0.3) is 11.1 Å². The second-order valence-corrected chi connectivity index (χ2v) is 7.76. The number of aryl methyl sites for hydroxylation is 4. The van der Waals surface area contributed by atoms with Gasteiger partial charge in [0.1, 0.15) is 0 Å². The minimum absolute atomic E-state index is 0.869. The van der Waals surface area contributed by atoms with Crippen molar-refractivity contribution in [3.63, 3.8) is 0 Å². The summed E-state index contributed by atoms with van der Waals surface area (Å²) < 4.78 is 0. The Morgan fingerprint density at radius 3 is 0.875 bits per heavy atom. The summed E-state index contributed by atoms with van der Waals surface area (Å²) >= 11 is 17.6. The molecule has 0 aliphatic rings. The first kappa shape index (κ1) is 20.2. The molecular formula is C20H26S4. The van der Waals surface area contributed by atoms with Gasteiger partial charge in [-0.3, -0.25) is 0 Å². The average molecular weight is 395 g/mol. The summed E-state index contributed by atoms with van der Waals surface area (Å²) in [6, 6.07) is 13.8. The van der Waals surface area contributed by atoms with Crippen molar-refractivity contribution in [2.45, 2.75) is 25.7 Å². The largest absolute Gasteiger partial charge is 0.179 e. The lowest BCUT2D eigenvalue weighted by atomic mass is 9.94. The molecule has 24 heavy (non-hydrogen) atoms. The molecule has 0 saturated heterocycles. The SMILES string of the molecule is SCCc1cc(CCS)cc(-c2cc(CCS)cc(CCS)c2)c1. The van der Waals surface area contributed by atoms with Crippen LogP contribution in [0, 0.1) is 0 Å². The molecule has 0 N–H and O–H groups in total. The topological polar surface area (TPSA) is 0 Å². The maximum atomic E-state index is 4.40. The zero-order valence-electron chi connectivity index (χ0n) is 13.9. The third kappa shape index (κ3) is 5.98.